The molecule has 0 unspecified atom stereocenters. The molecule has 1 aliphatic heterocycles. The summed E-state index contributed by atoms with van der Waals surface area (Å²) in [6.45, 7) is 3.39. The first kappa shape index (κ1) is 14.0. The first-order chi connectivity index (χ1) is 7.88. The molecule has 0 saturated carbocycles. The van der Waals surface area contributed by atoms with Crippen LogP contribution in [0, 0.1) is 0 Å². The predicted molar refractivity (Wildman–Crippen MR) is 63.1 cm³/mol. The van der Waals surface area contributed by atoms with Gasteiger partial charge in [0.1, 0.15) is 0 Å². The highest BCUT2D eigenvalue weighted by Gasteiger charge is 2.38. The van der Waals surface area contributed by atoms with Gasteiger partial charge in [0.25, 0.3) is 0 Å². The highest BCUT2D eigenvalue weighted by molar-refractivity contribution is 7.91. The number of carbonyl (C=O) groups excluding carboxylic acids is 2. The molecule has 0 bridgehead atoms. The van der Waals surface area contributed by atoms with Gasteiger partial charge in [-0.15, -0.1) is 0 Å². The van der Waals surface area contributed by atoms with Crippen LogP contribution >= 0.6 is 0 Å². The Kier molecular flexibility index (Phi) is 4.50. The number of sulfone groups is 1. The van der Waals surface area contributed by atoms with Crippen molar-refractivity contribution in [3.05, 3.63) is 0 Å². The van der Waals surface area contributed by atoms with Gasteiger partial charge in [-0.3, -0.25) is 9.59 Å². The lowest BCUT2D eigenvalue weighted by atomic mass is 10.1. The third-order valence-corrected chi connectivity index (χ3v) is 4.42. The average molecular weight is 262 g/mol. The molecule has 2 atom stereocenters. The molecule has 2 N–H and O–H groups in total. The molecule has 0 aromatic heterocycles. The molecule has 6 nitrogen and oxygen atoms in total. The van der Waals surface area contributed by atoms with Gasteiger partial charge >= 0.3 is 0 Å². The standard InChI is InChI=1S/C10H18N2O4S/c1-3-9(13)11-7-5-17(15,16)6-8(7)12-10(14)4-2/h7-8H,3-6H2,1-2H3,(H,11,13)(H,12,14)/t7-,8-/m1/s1. The van der Waals surface area contributed by atoms with E-state index >= 15 is 0 Å². The van der Waals surface area contributed by atoms with E-state index in [0.29, 0.717) is 12.8 Å². The molecular weight excluding hydrogens is 244 g/mol. The summed E-state index contributed by atoms with van der Waals surface area (Å²) in [7, 11) is -3.18. The smallest absolute Gasteiger partial charge is 0.220 e. The average Bonchev–Trinajstić information content (AvgIpc) is 2.52. The van der Waals surface area contributed by atoms with E-state index in [-0.39, 0.29) is 23.3 Å². The molecule has 17 heavy (non-hydrogen) atoms. The quantitative estimate of drug-likeness (QED) is 0.694. The number of nitrogens with one attached hydrogen (secondary N) is 2. The van der Waals surface area contributed by atoms with Gasteiger partial charge in [-0.2, -0.15) is 0 Å². The fourth-order valence-corrected chi connectivity index (χ4v) is 3.61. The fourth-order valence-electron chi connectivity index (χ4n) is 1.75. The van der Waals surface area contributed by atoms with Gasteiger partial charge in [0.2, 0.25) is 11.8 Å². The molecule has 98 valence electrons. The van der Waals surface area contributed by atoms with Gasteiger partial charge in [-0.05, 0) is 0 Å². The monoisotopic (exact) mass is 262 g/mol. The highest BCUT2D eigenvalue weighted by Crippen LogP contribution is 2.13. The van der Waals surface area contributed by atoms with Crippen molar-refractivity contribution in [1.29, 1.82) is 0 Å². The maximum absolute atomic E-state index is 11.5. The van der Waals surface area contributed by atoms with Crippen LogP contribution in [-0.4, -0.2) is 43.8 Å². The first-order valence-electron chi connectivity index (χ1n) is 5.67. The van der Waals surface area contributed by atoms with E-state index in [4.69, 9.17) is 0 Å². The molecular formula is C10H18N2O4S. The molecule has 0 spiro atoms. The lowest BCUT2D eigenvalue weighted by Gasteiger charge is -2.20. The number of hydrogen-bond acceptors (Lipinski definition) is 4. The molecule has 1 rings (SSSR count). The van der Waals surface area contributed by atoms with Gasteiger partial charge < -0.3 is 10.6 Å². The Hall–Kier alpha value is -1.11. The molecule has 1 fully saturated rings. The first-order valence-corrected chi connectivity index (χ1v) is 7.49. The number of hydrogen-bond donors (Lipinski definition) is 2. The van der Waals surface area contributed by atoms with E-state index in [9.17, 15) is 18.0 Å². The Morgan fingerprint density at radius 3 is 1.65 bits per heavy atom. The van der Waals surface area contributed by atoms with Crippen molar-refractivity contribution >= 4 is 21.7 Å². The second-order valence-corrected chi connectivity index (χ2v) is 6.29. The molecule has 7 heteroatoms. The molecule has 1 aliphatic rings. The zero-order valence-electron chi connectivity index (χ0n) is 10.0. The summed E-state index contributed by atoms with van der Waals surface area (Å²) < 4.78 is 23.0. The number of rotatable bonds is 4. The van der Waals surface area contributed by atoms with Crippen LogP contribution in [0.2, 0.25) is 0 Å². The maximum Gasteiger partial charge on any atom is 0.220 e. The van der Waals surface area contributed by atoms with Crippen molar-refractivity contribution in [2.75, 3.05) is 11.5 Å². The second-order valence-electron chi connectivity index (χ2n) is 4.13. The van der Waals surface area contributed by atoms with Crippen LogP contribution in [0.4, 0.5) is 0 Å². The highest BCUT2D eigenvalue weighted by atomic mass is 32.2. The predicted octanol–water partition coefficient (Wildman–Crippen LogP) is -0.796. The lowest BCUT2D eigenvalue weighted by Crippen LogP contribution is -2.50. The van der Waals surface area contributed by atoms with Gasteiger partial charge in [0, 0.05) is 12.8 Å². The fraction of sp³-hybridized carbons (Fsp3) is 0.800. The van der Waals surface area contributed by atoms with Crippen molar-refractivity contribution in [3.8, 4) is 0 Å². The third kappa shape index (κ3) is 3.99. The Morgan fingerprint density at radius 2 is 1.35 bits per heavy atom. The lowest BCUT2D eigenvalue weighted by molar-refractivity contribution is -0.123. The van der Waals surface area contributed by atoms with Crippen molar-refractivity contribution < 1.29 is 18.0 Å². The van der Waals surface area contributed by atoms with Crippen molar-refractivity contribution in [2.45, 2.75) is 38.8 Å². The summed E-state index contributed by atoms with van der Waals surface area (Å²) in [5, 5.41) is 5.26. The van der Waals surface area contributed by atoms with E-state index in [2.05, 4.69) is 10.6 Å². The minimum atomic E-state index is -3.18. The number of amides is 2. The molecule has 1 heterocycles. The van der Waals surface area contributed by atoms with E-state index in [1.165, 1.54) is 0 Å². The van der Waals surface area contributed by atoms with Gasteiger partial charge in [0.15, 0.2) is 9.84 Å². The third-order valence-electron chi connectivity index (χ3n) is 2.69. The molecule has 0 aliphatic carbocycles. The second kappa shape index (κ2) is 5.48. The summed E-state index contributed by atoms with van der Waals surface area (Å²) in [5.74, 6) is -0.619. The molecule has 1 saturated heterocycles. The van der Waals surface area contributed by atoms with E-state index in [1.807, 2.05) is 0 Å². The Bertz CT molecular complexity index is 373. The summed E-state index contributed by atoms with van der Waals surface area (Å²) in [5.41, 5.74) is 0. The van der Waals surface area contributed by atoms with E-state index < -0.39 is 21.9 Å². The normalized spacial score (nSPS) is 26.5. The zero-order valence-corrected chi connectivity index (χ0v) is 10.8. The Morgan fingerprint density at radius 1 is 1.00 bits per heavy atom. The topological polar surface area (TPSA) is 92.3 Å². The van der Waals surface area contributed by atoms with Crippen LogP contribution in [0.5, 0.6) is 0 Å². The van der Waals surface area contributed by atoms with E-state index in [1.54, 1.807) is 13.8 Å². The number of carbonyl (C=O) groups is 2. The van der Waals surface area contributed by atoms with Crippen LogP contribution < -0.4 is 10.6 Å². The van der Waals surface area contributed by atoms with Gasteiger partial charge in [0.05, 0.1) is 23.6 Å². The maximum atomic E-state index is 11.5. The van der Waals surface area contributed by atoms with E-state index in [0.717, 1.165) is 0 Å². The van der Waals surface area contributed by atoms with Crippen LogP contribution in [0.1, 0.15) is 26.7 Å². The van der Waals surface area contributed by atoms with Gasteiger partial charge in [-0.1, -0.05) is 13.8 Å². The molecule has 0 radical (unpaired) electrons. The Balaban J connectivity index is 2.71. The van der Waals surface area contributed by atoms with Crippen molar-refractivity contribution in [2.24, 2.45) is 0 Å². The largest absolute Gasteiger partial charge is 0.350 e. The van der Waals surface area contributed by atoms with Gasteiger partial charge in [-0.25, -0.2) is 8.42 Å². The SMILES string of the molecule is CCC(=O)N[C@@H]1CS(=O)(=O)C[C@H]1NC(=O)CC. The summed E-state index contributed by atoms with van der Waals surface area (Å²) in [6, 6.07) is -1.02. The van der Waals surface area contributed by atoms with Crippen molar-refractivity contribution in [3.63, 3.8) is 0 Å². The van der Waals surface area contributed by atoms with Crippen molar-refractivity contribution in [1.82, 2.24) is 10.6 Å². The van der Waals surface area contributed by atoms with Crippen LogP contribution in [0.15, 0.2) is 0 Å². The summed E-state index contributed by atoms with van der Waals surface area (Å²) in [4.78, 5) is 22.5. The van der Waals surface area contributed by atoms with Crippen LogP contribution in [0.3, 0.4) is 0 Å². The van der Waals surface area contributed by atoms with Crippen LogP contribution in [-0.2, 0) is 19.4 Å². The summed E-state index contributed by atoms with van der Waals surface area (Å²) >= 11 is 0. The Labute approximate surface area is 101 Å². The minimum absolute atomic E-state index is 0.104. The molecule has 2 amide bonds. The molecule has 0 aromatic rings. The van der Waals surface area contributed by atoms with Crippen LogP contribution in [0.25, 0.3) is 0 Å². The minimum Gasteiger partial charge on any atom is -0.350 e. The zero-order chi connectivity index (χ0) is 13.1. The molecule has 0 aromatic carbocycles. The summed E-state index contributed by atoms with van der Waals surface area (Å²) in [6.07, 6.45) is 0.593.